The van der Waals surface area contributed by atoms with Crippen LogP contribution in [0.15, 0.2) is 42.6 Å². The highest BCUT2D eigenvalue weighted by Crippen LogP contribution is 2.40. The first-order valence-electron chi connectivity index (χ1n) is 9.89. The standard InChI is InChI=1S/C21H27N5O2/c1-22-18-8-11-23-20(24-18)26-13-9-17(27)21(15-26)10-5-12-25(14-21)19(28)16-6-3-2-4-7-16/h2-4,6-8,11,17,27H,5,9-10,12-15H2,1H3,(H,22,23,24)/t17-,21+/m1/s1. The molecular formula is C21H27N5O2. The van der Waals surface area contributed by atoms with E-state index in [4.69, 9.17) is 0 Å². The minimum absolute atomic E-state index is 0.0393. The number of nitrogens with one attached hydrogen (secondary N) is 1. The highest BCUT2D eigenvalue weighted by atomic mass is 16.3. The summed E-state index contributed by atoms with van der Waals surface area (Å²) in [4.78, 5) is 26.0. The van der Waals surface area contributed by atoms with Crippen molar-refractivity contribution in [3.05, 3.63) is 48.2 Å². The van der Waals surface area contributed by atoms with E-state index in [2.05, 4.69) is 20.2 Å². The van der Waals surface area contributed by atoms with Gasteiger partial charge in [0.1, 0.15) is 5.82 Å². The minimum Gasteiger partial charge on any atom is -0.392 e. The molecule has 3 heterocycles. The van der Waals surface area contributed by atoms with Crippen LogP contribution in [0.4, 0.5) is 11.8 Å². The molecule has 4 rings (SSSR count). The molecule has 0 saturated carbocycles. The number of carbonyl (C=O) groups excluding carboxylic acids is 1. The molecule has 2 N–H and O–H groups in total. The second-order valence-corrected chi connectivity index (χ2v) is 7.78. The molecule has 0 unspecified atom stereocenters. The van der Waals surface area contributed by atoms with Crippen LogP contribution in [-0.4, -0.2) is 65.2 Å². The van der Waals surface area contributed by atoms with E-state index < -0.39 is 6.10 Å². The van der Waals surface area contributed by atoms with Gasteiger partial charge in [-0.2, -0.15) is 4.98 Å². The van der Waals surface area contributed by atoms with Crippen LogP contribution in [0.3, 0.4) is 0 Å². The van der Waals surface area contributed by atoms with Gasteiger partial charge in [0.25, 0.3) is 5.91 Å². The number of hydrogen-bond acceptors (Lipinski definition) is 6. The van der Waals surface area contributed by atoms with Crippen molar-refractivity contribution < 1.29 is 9.90 Å². The number of piperidine rings is 2. The topological polar surface area (TPSA) is 81.6 Å². The Balaban J connectivity index is 1.55. The third-order valence-corrected chi connectivity index (χ3v) is 5.98. The smallest absolute Gasteiger partial charge is 0.253 e. The largest absolute Gasteiger partial charge is 0.392 e. The van der Waals surface area contributed by atoms with E-state index in [1.807, 2.05) is 48.3 Å². The first-order chi connectivity index (χ1) is 13.6. The van der Waals surface area contributed by atoms with Gasteiger partial charge in [0.2, 0.25) is 5.95 Å². The van der Waals surface area contributed by atoms with Crippen LogP contribution >= 0.6 is 0 Å². The molecule has 1 amide bonds. The van der Waals surface area contributed by atoms with E-state index in [0.717, 1.165) is 25.2 Å². The molecule has 0 bridgehead atoms. The number of aromatic nitrogens is 2. The second-order valence-electron chi connectivity index (χ2n) is 7.78. The van der Waals surface area contributed by atoms with E-state index in [-0.39, 0.29) is 11.3 Å². The number of aliphatic hydroxyl groups is 1. The van der Waals surface area contributed by atoms with Gasteiger partial charge in [0.15, 0.2) is 0 Å². The quantitative estimate of drug-likeness (QED) is 0.847. The molecular weight excluding hydrogens is 354 g/mol. The first-order valence-corrected chi connectivity index (χ1v) is 9.89. The van der Waals surface area contributed by atoms with E-state index in [1.165, 1.54) is 0 Å². The van der Waals surface area contributed by atoms with E-state index in [9.17, 15) is 9.90 Å². The minimum atomic E-state index is -0.428. The van der Waals surface area contributed by atoms with Crippen LogP contribution in [0.2, 0.25) is 0 Å². The number of anilines is 2. The first kappa shape index (κ1) is 18.7. The number of likely N-dealkylation sites (tertiary alicyclic amines) is 1. The van der Waals surface area contributed by atoms with Crippen molar-refractivity contribution in [3.8, 4) is 0 Å². The van der Waals surface area contributed by atoms with E-state index in [1.54, 1.807) is 6.20 Å². The maximum absolute atomic E-state index is 13.0. The van der Waals surface area contributed by atoms with Gasteiger partial charge in [-0.15, -0.1) is 0 Å². The van der Waals surface area contributed by atoms with Crippen molar-refractivity contribution >= 4 is 17.7 Å². The highest BCUT2D eigenvalue weighted by molar-refractivity contribution is 5.94. The molecule has 2 saturated heterocycles. The number of nitrogens with zero attached hydrogens (tertiary/aromatic N) is 4. The molecule has 1 aromatic heterocycles. The molecule has 2 atom stereocenters. The van der Waals surface area contributed by atoms with Crippen LogP contribution in [0.5, 0.6) is 0 Å². The third-order valence-electron chi connectivity index (χ3n) is 5.98. The Kier molecular flexibility index (Phi) is 5.17. The average Bonchev–Trinajstić information content (AvgIpc) is 2.76. The van der Waals surface area contributed by atoms with Crippen molar-refractivity contribution in [1.82, 2.24) is 14.9 Å². The fourth-order valence-corrected chi connectivity index (χ4v) is 4.46. The number of amides is 1. The molecule has 1 spiro atoms. The Morgan fingerprint density at radius 2 is 2.04 bits per heavy atom. The zero-order valence-corrected chi connectivity index (χ0v) is 16.2. The van der Waals surface area contributed by atoms with Crippen molar-refractivity contribution in [2.75, 3.05) is 43.4 Å². The van der Waals surface area contributed by atoms with Gasteiger partial charge in [-0.25, -0.2) is 4.98 Å². The normalized spacial score (nSPS) is 25.0. The molecule has 2 aromatic rings. The summed E-state index contributed by atoms with van der Waals surface area (Å²) in [6.45, 7) is 2.65. The summed E-state index contributed by atoms with van der Waals surface area (Å²) < 4.78 is 0. The van der Waals surface area contributed by atoms with Crippen LogP contribution < -0.4 is 10.2 Å². The molecule has 0 aliphatic carbocycles. The van der Waals surface area contributed by atoms with Crippen molar-refractivity contribution in [3.63, 3.8) is 0 Å². The predicted octanol–water partition coefficient (Wildman–Crippen LogP) is 2.01. The Bertz CT molecular complexity index is 831. The lowest BCUT2D eigenvalue weighted by molar-refractivity contribution is -0.0363. The number of aliphatic hydroxyl groups excluding tert-OH is 1. The van der Waals surface area contributed by atoms with Crippen molar-refractivity contribution in [1.29, 1.82) is 0 Å². The maximum Gasteiger partial charge on any atom is 0.253 e. The Labute approximate surface area is 165 Å². The lowest BCUT2D eigenvalue weighted by Crippen LogP contribution is -2.60. The Morgan fingerprint density at radius 3 is 2.82 bits per heavy atom. The molecule has 148 valence electrons. The zero-order chi connectivity index (χ0) is 19.6. The zero-order valence-electron chi connectivity index (χ0n) is 16.2. The van der Waals surface area contributed by atoms with Crippen LogP contribution in [0.1, 0.15) is 29.6 Å². The van der Waals surface area contributed by atoms with Gasteiger partial charge in [0.05, 0.1) is 6.10 Å². The average molecular weight is 381 g/mol. The molecule has 7 heteroatoms. The lowest BCUT2D eigenvalue weighted by atomic mass is 9.71. The number of carbonyl (C=O) groups is 1. The van der Waals surface area contributed by atoms with Crippen LogP contribution in [0.25, 0.3) is 0 Å². The van der Waals surface area contributed by atoms with E-state index in [0.29, 0.717) is 37.6 Å². The lowest BCUT2D eigenvalue weighted by Gasteiger charge is -2.51. The highest BCUT2D eigenvalue weighted by Gasteiger charge is 2.47. The Hall–Kier alpha value is -2.67. The number of hydrogen-bond donors (Lipinski definition) is 2. The molecule has 2 fully saturated rings. The molecule has 28 heavy (non-hydrogen) atoms. The fraction of sp³-hybridized carbons (Fsp3) is 0.476. The third kappa shape index (κ3) is 3.54. The van der Waals surface area contributed by atoms with E-state index >= 15 is 0 Å². The molecule has 7 nitrogen and oxygen atoms in total. The predicted molar refractivity (Wildman–Crippen MR) is 108 cm³/mol. The summed E-state index contributed by atoms with van der Waals surface area (Å²) in [5.74, 6) is 1.48. The van der Waals surface area contributed by atoms with Gasteiger partial charge in [-0.1, -0.05) is 18.2 Å². The SMILES string of the molecule is CNc1ccnc(N2CC[C@@H](O)[C@]3(CCCN(C(=O)c4ccccc4)C3)C2)n1. The van der Waals surface area contributed by atoms with Crippen LogP contribution in [0, 0.1) is 5.41 Å². The van der Waals surface area contributed by atoms with Crippen molar-refractivity contribution in [2.24, 2.45) is 5.41 Å². The molecule has 2 aliphatic rings. The summed E-state index contributed by atoms with van der Waals surface area (Å²) in [7, 11) is 1.84. The summed E-state index contributed by atoms with van der Waals surface area (Å²) in [5.41, 5.74) is 0.353. The number of rotatable bonds is 3. The van der Waals surface area contributed by atoms with Crippen LogP contribution in [-0.2, 0) is 0 Å². The van der Waals surface area contributed by atoms with Gasteiger partial charge in [-0.3, -0.25) is 4.79 Å². The summed E-state index contributed by atoms with van der Waals surface area (Å²) in [6, 6.07) is 11.2. The van der Waals surface area contributed by atoms with Gasteiger partial charge >= 0.3 is 0 Å². The molecule has 2 aliphatic heterocycles. The molecule has 1 aromatic carbocycles. The second kappa shape index (κ2) is 7.75. The maximum atomic E-state index is 13.0. The van der Waals surface area contributed by atoms with Gasteiger partial charge < -0.3 is 20.2 Å². The van der Waals surface area contributed by atoms with Gasteiger partial charge in [-0.05, 0) is 37.5 Å². The summed E-state index contributed by atoms with van der Waals surface area (Å²) in [6.07, 6.45) is 3.76. The molecule has 0 radical (unpaired) electrons. The summed E-state index contributed by atoms with van der Waals surface area (Å²) in [5, 5.41) is 13.9. The van der Waals surface area contributed by atoms with Crippen molar-refractivity contribution in [2.45, 2.75) is 25.4 Å². The number of benzene rings is 1. The monoisotopic (exact) mass is 381 g/mol. The summed E-state index contributed by atoms with van der Waals surface area (Å²) >= 11 is 0. The Morgan fingerprint density at radius 1 is 1.21 bits per heavy atom. The van der Waals surface area contributed by atoms with Gasteiger partial charge in [0, 0.05) is 50.4 Å². The fourth-order valence-electron chi connectivity index (χ4n) is 4.46.